The van der Waals surface area contributed by atoms with Gasteiger partial charge in [0.2, 0.25) is 0 Å². The van der Waals surface area contributed by atoms with Crippen LogP contribution in [0.25, 0.3) is 11.3 Å². The van der Waals surface area contributed by atoms with Crippen LogP contribution in [0.4, 0.5) is 5.69 Å². The first-order valence-electron chi connectivity index (χ1n) is 11.1. The lowest BCUT2D eigenvalue weighted by atomic mass is 10.1. The molecule has 2 heterocycles. The minimum atomic E-state index is 0.660. The van der Waals surface area contributed by atoms with Crippen LogP contribution in [0.15, 0.2) is 53.5 Å². The summed E-state index contributed by atoms with van der Waals surface area (Å²) < 4.78 is 18.8. The SMILES string of the molecule is CCOc1ccc(N=c2sc(C)c(-c3ccc(OC)cc3)n2CCN2CCOCC2)cc1. The number of aromatic nitrogens is 1. The first kappa shape index (κ1) is 22.6. The molecular weight excluding hydrogens is 422 g/mol. The van der Waals surface area contributed by atoms with Crippen molar-refractivity contribution in [1.29, 1.82) is 0 Å². The van der Waals surface area contributed by atoms with E-state index in [1.807, 2.05) is 43.3 Å². The lowest BCUT2D eigenvalue weighted by molar-refractivity contribution is 0.0363. The summed E-state index contributed by atoms with van der Waals surface area (Å²) >= 11 is 1.73. The zero-order valence-corrected chi connectivity index (χ0v) is 19.9. The summed E-state index contributed by atoms with van der Waals surface area (Å²) in [6.45, 7) is 10.2. The molecule has 0 amide bonds. The highest BCUT2D eigenvalue weighted by Crippen LogP contribution is 2.28. The molecule has 32 heavy (non-hydrogen) atoms. The van der Waals surface area contributed by atoms with E-state index in [1.165, 1.54) is 16.1 Å². The van der Waals surface area contributed by atoms with Gasteiger partial charge in [-0.25, -0.2) is 4.99 Å². The van der Waals surface area contributed by atoms with Crippen molar-refractivity contribution in [2.45, 2.75) is 20.4 Å². The van der Waals surface area contributed by atoms with Crippen molar-refractivity contribution >= 4 is 17.0 Å². The zero-order chi connectivity index (χ0) is 22.3. The maximum atomic E-state index is 5.57. The van der Waals surface area contributed by atoms with Crippen LogP contribution in [0.5, 0.6) is 11.5 Å². The summed E-state index contributed by atoms with van der Waals surface area (Å²) in [4.78, 5) is 9.72. The molecule has 1 aliphatic rings. The minimum absolute atomic E-state index is 0.660. The summed E-state index contributed by atoms with van der Waals surface area (Å²) in [5.41, 5.74) is 3.32. The molecule has 3 aromatic rings. The van der Waals surface area contributed by atoms with Crippen LogP contribution in [-0.2, 0) is 11.3 Å². The summed E-state index contributed by atoms with van der Waals surface area (Å²) in [5, 5.41) is 0. The number of ether oxygens (including phenoxy) is 3. The Balaban J connectivity index is 1.70. The van der Waals surface area contributed by atoms with Gasteiger partial charge in [-0.05, 0) is 67.9 Å². The average molecular weight is 454 g/mol. The van der Waals surface area contributed by atoms with Gasteiger partial charge in [-0.2, -0.15) is 0 Å². The highest BCUT2D eigenvalue weighted by molar-refractivity contribution is 7.09. The van der Waals surface area contributed by atoms with Gasteiger partial charge in [-0.1, -0.05) is 0 Å². The third-order valence-corrected chi connectivity index (χ3v) is 6.55. The van der Waals surface area contributed by atoms with Crippen molar-refractivity contribution in [3.05, 3.63) is 58.2 Å². The minimum Gasteiger partial charge on any atom is -0.497 e. The summed E-state index contributed by atoms with van der Waals surface area (Å²) in [7, 11) is 1.70. The average Bonchev–Trinajstić information content (AvgIpc) is 3.14. The van der Waals surface area contributed by atoms with Crippen molar-refractivity contribution in [2.24, 2.45) is 4.99 Å². The number of aryl methyl sites for hydroxylation is 1. The van der Waals surface area contributed by atoms with E-state index < -0.39 is 0 Å². The lowest BCUT2D eigenvalue weighted by Crippen LogP contribution is -2.39. The van der Waals surface area contributed by atoms with E-state index in [2.05, 4.69) is 28.5 Å². The van der Waals surface area contributed by atoms with Gasteiger partial charge in [0.25, 0.3) is 0 Å². The quantitative estimate of drug-likeness (QED) is 0.504. The fraction of sp³-hybridized carbons (Fsp3) is 0.400. The van der Waals surface area contributed by atoms with Crippen LogP contribution in [0, 0.1) is 6.92 Å². The molecule has 1 aliphatic heterocycles. The molecule has 2 aromatic carbocycles. The number of rotatable bonds is 8. The van der Waals surface area contributed by atoms with E-state index in [0.717, 1.165) is 61.4 Å². The standard InChI is InChI=1S/C25H31N3O3S/c1-4-31-23-11-7-21(8-12-23)26-25-28(14-13-27-15-17-30-18-16-27)24(19(2)32-25)20-5-9-22(29-3)10-6-20/h5-12H,4,13-18H2,1-3H3. The van der Waals surface area contributed by atoms with Crippen molar-refractivity contribution in [1.82, 2.24) is 9.47 Å². The Bertz CT molecular complexity index is 1070. The molecule has 4 rings (SSSR count). The number of nitrogens with zero attached hydrogens (tertiary/aromatic N) is 3. The predicted octanol–water partition coefficient (Wildman–Crippen LogP) is 4.50. The second-order valence-electron chi connectivity index (χ2n) is 7.66. The lowest BCUT2D eigenvalue weighted by Gasteiger charge is -2.27. The number of methoxy groups -OCH3 is 1. The normalized spacial score (nSPS) is 15.2. The van der Waals surface area contributed by atoms with E-state index >= 15 is 0 Å². The van der Waals surface area contributed by atoms with Gasteiger partial charge in [0.1, 0.15) is 11.5 Å². The molecule has 0 aliphatic carbocycles. The Morgan fingerprint density at radius 2 is 1.66 bits per heavy atom. The van der Waals surface area contributed by atoms with Crippen molar-refractivity contribution < 1.29 is 14.2 Å². The zero-order valence-electron chi connectivity index (χ0n) is 19.0. The summed E-state index contributed by atoms with van der Waals surface area (Å²) in [5.74, 6) is 1.73. The van der Waals surface area contributed by atoms with Gasteiger partial charge >= 0.3 is 0 Å². The van der Waals surface area contributed by atoms with Gasteiger partial charge in [-0.15, -0.1) is 11.3 Å². The van der Waals surface area contributed by atoms with E-state index in [-0.39, 0.29) is 0 Å². The number of thiazole rings is 1. The van der Waals surface area contributed by atoms with Gasteiger partial charge in [0.15, 0.2) is 4.80 Å². The van der Waals surface area contributed by atoms with Crippen LogP contribution in [0.3, 0.4) is 0 Å². The topological polar surface area (TPSA) is 48.2 Å². The molecule has 0 saturated carbocycles. The molecule has 1 aromatic heterocycles. The van der Waals surface area contributed by atoms with Crippen LogP contribution < -0.4 is 14.3 Å². The van der Waals surface area contributed by atoms with Crippen LogP contribution in [-0.4, -0.2) is 56.0 Å². The second kappa shape index (κ2) is 10.8. The molecule has 1 fully saturated rings. The Morgan fingerprint density at radius 1 is 0.969 bits per heavy atom. The fourth-order valence-electron chi connectivity index (χ4n) is 3.88. The fourth-order valence-corrected chi connectivity index (χ4v) is 4.93. The maximum Gasteiger partial charge on any atom is 0.190 e. The first-order valence-corrected chi connectivity index (χ1v) is 11.9. The van der Waals surface area contributed by atoms with Crippen LogP contribution in [0.1, 0.15) is 11.8 Å². The monoisotopic (exact) mass is 453 g/mol. The molecule has 6 nitrogen and oxygen atoms in total. The van der Waals surface area contributed by atoms with Gasteiger partial charge in [0.05, 0.1) is 38.3 Å². The molecule has 0 unspecified atom stereocenters. The van der Waals surface area contributed by atoms with Crippen molar-refractivity contribution in [3.63, 3.8) is 0 Å². The van der Waals surface area contributed by atoms with E-state index in [4.69, 9.17) is 19.2 Å². The number of hydrogen-bond acceptors (Lipinski definition) is 6. The third kappa shape index (κ3) is 5.41. The third-order valence-electron chi connectivity index (χ3n) is 5.56. The van der Waals surface area contributed by atoms with Crippen molar-refractivity contribution in [3.8, 4) is 22.8 Å². The molecule has 0 spiro atoms. The largest absolute Gasteiger partial charge is 0.497 e. The van der Waals surface area contributed by atoms with E-state index in [9.17, 15) is 0 Å². The van der Waals surface area contributed by atoms with Gasteiger partial charge in [-0.3, -0.25) is 4.90 Å². The van der Waals surface area contributed by atoms with E-state index in [0.29, 0.717) is 6.61 Å². The van der Waals surface area contributed by atoms with Gasteiger partial charge < -0.3 is 18.8 Å². The van der Waals surface area contributed by atoms with Crippen LogP contribution >= 0.6 is 11.3 Å². The molecular formula is C25H31N3O3S. The molecule has 170 valence electrons. The molecule has 0 N–H and O–H groups in total. The summed E-state index contributed by atoms with van der Waals surface area (Å²) in [6.07, 6.45) is 0. The Morgan fingerprint density at radius 3 is 2.31 bits per heavy atom. The van der Waals surface area contributed by atoms with Crippen molar-refractivity contribution in [2.75, 3.05) is 46.6 Å². The van der Waals surface area contributed by atoms with Gasteiger partial charge in [0, 0.05) is 31.1 Å². The number of benzene rings is 2. The number of morpholine rings is 1. The smallest absolute Gasteiger partial charge is 0.190 e. The molecule has 0 radical (unpaired) electrons. The second-order valence-corrected chi connectivity index (χ2v) is 8.84. The molecule has 7 heteroatoms. The molecule has 1 saturated heterocycles. The Kier molecular flexibility index (Phi) is 7.63. The molecule has 0 bridgehead atoms. The molecule has 0 atom stereocenters. The Labute approximate surface area is 193 Å². The van der Waals surface area contributed by atoms with Crippen LogP contribution in [0.2, 0.25) is 0 Å². The predicted molar refractivity (Wildman–Crippen MR) is 129 cm³/mol. The maximum absolute atomic E-state index is 5.57. The Hall–Kier alpha value is -2.61. The summed E-state index contributed by atoms with van der Waals surface area (Å²) in [6, 6.07) is 16.3. The van der Waals surface area contributed by atoms with E-state index in [1.54, 1.807) is 18.4 Å². The number of hydrogen-bond donors (Lipinski definition) is 0. The highest BCUT2D eigenvalue weighted by Gasteiger charge is 2.16. The first-order chi connectivity index (χ1) is 15.7. The highest BCUT2D eigenvalue weighted by atomic mass is 32.1.